The highest BCUT2D eigenvalue weighted by Crippen LogP contribution is 2.46. The van der Waals surface area contributed by atoms with E-state index < -0.39 is 35.0 Å². The number of methoxy groups -OCH3 is 1. The van der Waals surface area contributed by atoms with Gasteiger partial charge in [0.1, 0.15) is 11.2 Å². The van der Waals surface area contributed by atoms with Crippen LogP contribution in [0.25, 0.3) is 22.5 Å². The number of nitrogens with zero attached hydrogens (tertiary/aromatic N) is 6. The number of halogens is 3. The van der Waals surface area contributed by atoms with Crippen LogP contribution in [0.5, 0.6) is 0 Å². The molecule has 6 aromatic carbocycles. The van der Waals surface area contributed by atoms with E-state index in [2.05, 4.69) is 41.6 Å². The summed E-state index contributed by atoms with van der Waals surface area (Å²) < 4.78 is 59.3. The maximum atomic E-state index is 15.0. The van der Waals surface area contributed by atoms with Crippen LogP contribution in [0.4, 0.5) is 13.2 Å². The highest BCUT2D eigenvalue weighted by molar-refractivity contribution is 5.96. The zero-order valence-electron chi connectivity index (χ0n) is 36.9. The van der Waals surface area contributed by atoms with Gasteiger partial charge in [0, 0.05) is 31.2 Å². The van der Waals surface area contributed by atoms with E-state index in [0.717, 1.165) is 46.1 Å². The number of hydrogen-bond acceptors (Lipinski definition) is 8. The molecule has 67 heavy (non-hydrogen) atoms. The van der Waals surface area contributed by atoms with E-state index >= 15 is 0 Å². The monoisotopic (exact) mass is 900 g/mol. The second-order valence-corrected chi connectivity index (χ2v) is 16.5. The summed E-state index contributed by atoms with van der Waals surface area (Å²) >= 11 is 0. The van der Waals surface area contributed by atoms with Crippen molar-refractivity contribution in [2.45, 2.75) is 69.0 Å². The van der Waals surface area contributed by atoms with E-state index in [1.807, 2.05) is 108 Å². The van der Waals surface area contributed by atoms with Crippen molar-refractivity contribution in [1.29, 1.82) is 0 Å². The number of fused-ring (bicyclic) bond motifs is 1. The number of ketones is 1. The Balaban J connectivity index is 1.10. The lowest BCUT2D eigenvalue weighted by Gasteiger charge is -2.36. The molecule has 10 nitrogen and oxygen atoms in total. The van der Waals surface area contributed by atoms with Crippen molar-refractivity contribution < 1.29 is 32.2 Å². The van der Waals surface area contributed by atoms with E-state index in [-0.39, 0.29) is 24.6 Å². The Labute approximate surface area is 386 Å². The molecule has 2 aromatic heterocycles. The Bertz CT molecular complexity index is 2880. The number of aryl methyl sites for hydroxylation is 1. The number of hydrogen-bond donors (Lipinski definition) is 0. The van der Waals surface area contributed by atoms with Gasteiger partial charge in [-0.1, -0.05) is 177 Å². The number of carbonyl (C=O) groups is 2. The molecule has 9 rings (SSSR count). The third-order valence-corrected chi connectivity index (χ3v) is 12.6. The van der Waals surface area contributed by atoms with Crippen LogP contribution in [0.3, 0.4) is 0 Å². The summed E-state index contributed by atoms with van der Waals surface area (Å²) in [5.74, 6) is -1.02. The summed E-state index contributed by atoms with van der Waals surface area (Å²) in [5, 5.41) is 13.8. The Morgan fingerprint density at radius 1 is 0.687 bits per heavy atom. The number of rotatable bonds is 14. The van der Waals surface area contributed by atoms with Crippen molar-refractivity contribution in [3.63, 3.8) is 0 Å². The van der Waals surface area contributed by atoms with Crippen LogP contribution >= 0.6 is 0 Å². The Morgan fingerprint density at radius 2 is 1.21 bits per heavy atom. The lowest BCUT2D eigenvalue weighted by Crippen LogP contribution is -2.52. The molecule has 0 bridgehead atoms. The van der Waals surface area contributed by atoms with Crippen molar-refractivity contribution >= 4 is 11.8 Å². The van der Waals surface area contributed by atoms with Crippen LogP contribution in [0.15, 0.2) is 170 Å². The molecule has 0 fully saturated rings. The van der Waals surface area contributed by atoms with Gasteiger partial charge in [-0.05, 0) is 69.5 Å². The third kappa shape index (κ3) is 8.03. The molecule has 13 heteroatoms. The van der Waals surface area contributed by atoms with Gasteiger partial charge in [0.05, 0.1) is 5.69 Å². The normalized spacial score (nSPS) is 14.4. The van der Waals surface area contributed by atoms with Gasteiger partial charge in [0.25, 0.3) is 5.60 Å². The predicted octanol–water partition coefficient (Wildman–Crippen LogP) is 11.1. The first-order chi connectivity index (χ1) is 32.6. The van der Waals surface area contributed by atoms with Gasteiger partial charge < -0.3 is 14.0 Å². The first kappa shape index (κ1) is 44.7. The lowest BCUT2D eigenvalue weighted by molar-refractivity contribution is -0.278. The van der Waals surface area contributed by atoms with Gasteiger partial charge in [-0.25, -0.2) is 14.5 Å². The summed E-state index contributed by atoms with van der Waals surface area (Å²) in [7, 11) is 0.835. The average molecular weight is 901 g/mol. The lowest BCUT2D eigenvalue weighted by atomic mass is 9.77. The minimum Gasteiger partial charge on any atom is -0.452 e. The van der Waals surface area contributed by atoms with Gasteiger partial charge in [0.15, 0.2) is 23.5 Å². The maximum absolute atomic E-state index is 15.0. The summed E-state index contributed by atoms with van der Waals surface area (Å²) in [4.78, 5) is 32.5. The topological polar surface area (TPSA) is 114 Å². The van der Waals surface area contributed by atoms with Crippen molar-refractivity contribution in [2.24, 2.45) is 0 Å². The van der Waals surface area contributed by atoms with Crippen LogP contribution in [0.1, 0.15) is 88.5 Å². The first-order valence-electron chi connectivity index (χ1n) is 22.3. The predicted molar refractivity (Wildman–Crippen MR) is 247 cm³/mol. The SMILES string of the molecule is CC[C@H](OC(=O)[C@](OC)(c1ccccc1)C(F)(F)F)c1nc2c(n1Cc1ccc(-c3ccccc3-c3nnnn3C(c3ccccc3)(c3ccccc3)c3ccccc3)cc1)C(=O)CCCC2. The van der Waals surface area contributed by atoms with Crippen molar-refractivity contribution in [2.75, 3.05) is 7.11 Å². The highest BCUT2D eigenvalue weighted by Gasteiger charge is 2.64. The average Bonchev–Trinajstić information content (AvgIpc) is 3.94. The second-order valence-electron chi connectivity index (χ2n) is 16.5. The number of alkyl halides is 3. The molecular weight excluding hydrogens is 854 g/mol. The number of imidazole rings is 1. The molecule has 0 saturated carbocycles. The summed E-state index contributed by atoms with van der Waals surface area (Å²) in [5.41, 5.74) is 2.32. The van der Waals surface area contributed by atoms with Crippen LogP contribution in [0.2, 0.25) is 0 Å². The van der Waals surface area contributed by atoms with E-state index in [1.54, 1.807) is 17.6 Å². The molecule has 1 aliphatic carbocycles. The summed E-state index contributed by atoms with van der Waals surface area (Å²) in [6.07, 6.45) is -4.15. The molecule has 0 N–H and O–H groups in total. The van der Waals surface area contributed by atoms with Crippen LogP contribution in [0, 0.1) is 0 Å². The minimum atomic E-state index is -5.16. The highest BCUT2D eigenvalue weighted by atomic mass is 19.4. The van der Waals surface area contributed by atoms with E-state index in [4.69, 9.17) is 24.8 Å². The smallest absolute Gasteiger partial charge is 0.432 e. The molecule has 0 saturated heterocycles. The molecule has 8 aromatic rings. The fraction of sp³-hybridized carbons (Fsp3) is 0.222. The third-order valence-electron chi connectivity index (χ3n) is 12.6. The number of esters is 1. The number of benzene rings is 6. The second kappa shape index (κ2) is 18.8. The quantitative estimate of drug-likeness (QED) is 0.0602. The molecule has 338 valence electrons. The molecule has 0 unspecified atom stereocenters. The molecule has 0 radical (unpaired) electrons. The van der Waals surface area contributed by atoms with Crippen molar-refractivity contribution in [1.82, 2.24) is 29.8 Å². The van der Waals surface area contributed by atoms with Crippen LogP contribution < -0.4 is 0 Å². The van der Waals surface area contributed by atoms with Gasteiger partial charge in [-0.3, -0.25) is 4.79 Å². The standard InChI is InChI=1S/C54H47F3N6O4/c1-3-47(67-51(65)53(66-2,54(55,56)57)42-26-14-7-15-27-42)50-58-45-30-18-19-31-46(64)48(45)62(50)36-37-32-34-38(35-33-37)43-28-16-17-29-44(43)49-59-60-61-63(49)52(39-20-8-4-9-21-39,40-22-10-5-11-23-40)41-24-12-6-13-25-41/h4-17,20-29,32-35,47H,3,18-19,30-31,36H2,1-2H3/t47-,53+/m0/s1. The Kier molecular flexibility index (Phi) is 12.5. The zero-order chi connectivity index (χ0) is 46.6. The number of Topliss-reactive ketones (excluding diaryl/α,β-unsaturated/α-hetero) is 1. The largest absolute Gasteiger partial charge is 0.452 e. The van der Waals surface area contributed by atoms with Crippen LogP contribution in [-0.4, -0.2) is 54.8 Å². The minimum absolute atomic E-state index is 0.0809. The fourth-order valence-electron chi connectivity index (χ4n) is 9.42. The molecule has 0 amide bonds. The number of ether oxygens (including phenoxy) is 2. The summed E-state index contributed by atoms with van der Waals surface area (Å²) in [6, 6.07) is 53.0. The van der Waals surface area contributed by atoms with Gasteiger partial charge in [0.2, 0.25) is 0 Å². The molecule has 0 spiro atoms. The molecular formula is C54H47F3N6O4. The zero-order valence-corrected chi connectivity index (χ0v) is 36.9. The van der Waals surface area contributed by atoms with Gasteiger partial charge in [-0.15, -0.1) is 5.10 Å². The molecule has 2 heterocycles. The first-order valence-corrected chi connectivity index (χ1v) is 22.3. The van der Waals surface area contributed by atoms with E-state index in [0.29, 0.717) is 42.9 Å². The molecule has 2 atom stereocenters. The van der Waals surface area contributed by atoms with E-state index in [1.165, 1.54) is 24.3 Å². The summed E-state index contributed by atoms with van der Waals surface area (Å²) in [6.45, 7) is 1.83. The van der Waals surface area contributed by atoms with Gasteiger partial charge in [-0.2, -0.15) is 13.2 Å². The number of tetrazole rings is 1. The van der Waals surface area contributed by atoms with Crippen molar-refractivity contribution in [3.8, 4) is 22.5 Å². The fourth-order valence-corrected chi connectivity index (χ4v) is 9.42. The number of carbonyl (C=O) groups excluding carboxylic acids is 2. The maximum Gasteiger partial charge on any atom is 0.432 e. The Hall–Kier alpha value is -7.51. The van der Waals surface area contributed by atoms with Gasteiger partial charge >= 0.3 is 12.1 Å². The molecule has 1 aliphatic rings. The van der Waals surface area contributed by atoms with Crippen LogP contribution in [-0.2, 0) is 38.4 Å². The van der Waals surface area contributed by atoms with E-state index in [9.17, 15) is 22.8 Å². The Morgan fingerprint density at radius 3 is 1.75 bits per heavy atom. The van der Waals surface area contributed by atoms with Crippen molar-refractivity contribution in [3.05, 3.63) is 215 Å². The molecule has 0 aliphatic heterocycles. The number of aromatic nitrogens is 6.